The van der Waals surface area contributed by atoms with Crippen molar-refractivity contribution < 1.29 is 4.79 Å². The molecule has 2 aromatic heterocycles. The molecule has 4 aromatic rings. The number of pyridine rings is 1. The second-order valence-electron chi connectivity index (χ2n) is 6.32. The monoisotopic (exact) mass is 357 g/mol. The van der Waals surface area contributed by atoms with E-state index in [0.29, 0.717) is 17.2 Å². The molecule has 0 saturated heterocycles. The van der Waals surface area contributed by atoms with Crippen LogP contribution in [-0.2, 0) is 7.05 Å². The molecule has 1 amide bonds. The predicted octanol–water partition coefficient (Wildman–Crippen LogP) is 4.27. The topological polar surface area (TPSA) is 71.8 Å². The summed E-state index contributed by atoms with van der Waals surface area (Å²) in [5, 5.41) is 11.4. The highest BCUT2D eigenvalue weighted by atomic mass is 16.2. The van der Waals surface area contributed by atoms with Crippen molar-refractivity contribution in [1.29, 1.82) is 0 Å². The van der Waals surface area contributed by atoms with Crippen LogP contribution in [0.4, 0.5) is 17.2 Å². The third-order valence-electron chi connectivity index (χ3n) is 4.35. The van der Waals surface area contributed by atoms with Gasteiger partial charge < -0.3 is 10.6 Å². The molecule has 0 radical (unpaired) electrons. The summed E-state index contributed by atoms with van der Waals surface area (Å²) in [6, 6.07) is 19.3. The van der Waals surface area contributed by atoms with Gasteiger partial charge in [0.05, 0.1) is 17.4 Å². The molecule has 0 atom stereocenters. The number of nitrogens with one attached hydrogen (secondary N) is 2. The standard InChI is InChI=1S/C21H19N5O/c1-14-7-6-10-17-19(14)20(26(2)25-17)21(27)24-16-11-12-18(22-13-16)23-15-8-4-3-5-9-15/h3-13H,1-2H3,(H,22,23)(H,24,27). The number of aromatic nitrogens is 3. The number of hydrogen-bond acceptors (Lipinski definition) is 4. The summed E-state index contributed by atoms with van der Waals surface area (Å²) in [7, 11) is 1.78. The Morgan fingerprint density at radius 3 is 2.52 bits per heavy atom. The fourth-order valence-electron chi connectivity index (χ4n) is 3.08. The van der Waals surface area contributed by atoms with Gasteiger partial charge in [-0.25, -0.2) is 4.98 Å². The van der Waals surface area contributed by atoms with E-state index in [1.54, 1.807) is 17.9 Å². The molecule has 134 valence electrons. The summed E-state index contributed by atoms with van der Waals surface area (Å²) in [4.78, 5) is 17.2. The van der Waals surface area contributed by atoms with E-state index >= 15 is 0 Å². The van der Waals surface area contributed by atoms with Crippen LogP contribution in [0.5, 0.6) is 0 Å². The molecule has 0 saturated carbocycles. The van der Waals surface area contributed by atoms with Crippen LogP contribution in [0.25, 0.3) is 10.9 Å². The Kier molecular flexibility index (Phi) is 4.30. The Balaban J connectivity index is 1.54. The van der Waals surface area contributed by atoms with Gasteiger partial charge in [0.2, 0.25) is 0 Å². The summed E-state index contributed by atoms with van der Waals surface area (Å²) >= 11 is 0. The van der Waals surface area contributed by atoms with Crippen LogP contribution in [0.15, 0.2) is 66.9 Å². The average Bonchev–Trinajstić information content (AvgIpc) is 3.01. The summed E-state index contributed by atoms with van der Waals surface area (Å²) < 4.78 is 1.62. The fourth-order valence-corrected chi connectivity index (χ4v) is 3.08. The van der Waals surface area contributed by atoms with Crippen LogP contribution in [-0.4, -0.2) is 20.7 Å². The van der Waals surface area contributed by atoms with E-state index in [2.05, 4.69) is 20.7 Å². The average molecular weight is 357 g/mol. The Morgan fingerprint density at radius 2 is 1.78 bits per heavy atom. The highest BCUT2D eigenvalue weighted by Gasteiger charge is 2.18. The molecule has 0 aliphatic rings. The maximum Gasteiger partial charge on any atom is 0.274 e. The third-order valence-corrected chi connectivity index (χ3v) is 4.35. The molecule has 6 heteroatoms. The first kappa shape index (κ1) is 16.8. The van der Waals surface area contributed by atoms with Gasteiger partial charge in [0.25, 0.3) is 5.91 Å². The molecule has 0 aliphatic carbocycles. The minimum Gasteiger partial charge on any atom is -0.340 e. The van der Waals surface area contributed by atoms with E-state index in [4.69, 9.17) is 0 Å². The molecule has 0 bridgehead atoms. The Bertz CT molecular complexity index is 1100. The van der Waals surface area contributed by atoms with Gasteiger partial charge in [0, 0.05) is 18.1 Å². The molecule has 0 spiro atoms. The zero-order valence-electron chi connectivity index (χ0n) is 15.1. The van der Waals surface area contributed by atoms with Gasteiger partial charge in [-0.1, -0.05) is 30.3 Å². The Morgan fingerprint density at radius 1 is 0.963 bits per heavy atom. The molecule has 2 aromatic carbocycles. The van der Waals surface area contributed by atoms with Crippen molar-refractivity contribution in [3.63, 3.8) is 0 Å². The Hall–Kier alpha value is -3.67. The molecule has 2 N–H and O–H groups in total. The summed E-state index contributed by atoms with van der Waals surface area (Å²) in [5.74, 6) is 0.501. The molecule has 0 fully saturated rings. The van der Waals surface area contributed by atoms with Crippen LogP contribution >= 0.6 is 0 Å². The number of amides is 1. The molecule has 6 nitrogen and oxygen atoms in total. The highest BCUT2D eigenvalue weighted by Crippen LogP contribution is 2.23. The van der Waals surface area contributed by atoms with Crippen molar-refractivity contribution in [3.05, 3.63) is 78.1 Å². The number of aryl methyl sites for hydroxylation is 2. The molecule has 4 rings (SSSR count). The lowest BCUT2D eigenvalue weighted by Gasteiger charge is -2.08. The van der Waals surface area contributed by atoms with Gasteiger partial charge in [-0.2, -0.15) is 5.10 Å². The largest absolute Gasteiger partial charge is 0.340 e. The first-order valence-corrected chi connectivity index (χ1v) is 8.63. The number of rotatable bonds is 4. The quantitative estimate of drug-likeness (QED) is 0.572. The van der Waals surface area contributed by atoms with E-state index < -0.39 is 0 Å². The van der Waals surface area contributed by atoms with Crippen molar-refractivity contribution in [2.45, 2.75) is 6.92 Å². The van der Waals surface area contributed by atoms with Crippen molar-refractivity contribution in [2.24, 2.45) is 7.05 Å². The van der Waals surface area contributed by atoms with E-state index in [1.165, 1.54) is 0 Å². The van der Waals surface area contributed by atoms with Crippen molar-refractivity contribution in [2.75, 3.05) is 10.6 Å². The summed E-state index contributed by atoms with van der Waals surface area (Å²) in [5.41, 5.74) is 3.95. The van der Waals surface area contributed by atoms with Crippen LogP contribution in [0.1, 0.15) is 16.1 Å². The van der Waals surface area contributed by atoms with E-state index in [9.17, 15) is 4.79 Å². The van der Waals surface area contributed by atoms with Crippen molar-refractivity contribution in [3.8, 4) is 0 Å². The number of carbonyl (C=O) groups excluding carboxylic acids is 1. The SMILES string of the molecule is Cc1cccc2nn(C)c(C(=O)Nc3ccc(Nc4ccccc4)nc3)c12. The fraction of sp³-hybridized carbons (Fsp3) is 0.0952. The molecular formula is C21H19N5O. The van der Waals surface area contributed by atoms with Crippen LogP contribution in [0.3, 0.4) is 0 Å². The number of nitrogens with zero attached hydrogens (tertiary/aromatic N) is 3. The normalized spacial score (nSPS) is 10.7. The predicted molar refractivity (Wildman–Crippen MR) is 107 cm³/mol. The van der Waals surface area contributed by atoms with Gasteiger partial charge in [0.15, 0.2) is 0 Å². The lowest BCUT2D eigenvalue weighted by molar-refractivity contribution is 0.101. The maximum absolute atomic E-state index is 12.8. The number of hydrogen-bond donors (Lipinski definition) is 2. The van der Waals surface area contributed by atoms with Gasteiger partial charge in [-0.15, -0.1) is 0 Å². The molecule has 0 unspecified atom stereocenters. The highest BCUT2D eigenvalue weighted by molar-refractivity contribution is 6.12. The number of para-hydroxylation sites is 1. The van der Waals surface area contributed by atoms with Gasteiger partial charge in [0.1, 0.15) is 11.5 Å². The zero-order chi connectivity index (χ0) is 18.8. The third kappa shape index (κ3) is 3.37. The van der Waals surface area contributed by atoms with Crippen molar-refractivity contribution >= 4 is 34.0 Å². The van der Waals surface area contributed by atoms with Gasteiger partial charge >= 0.3 is 0 Å². The molecule has 0 aliphatic heterocycles. The molecular weight excluding hydrogens is 338 g/mol. The minimum atomic E-state index is -0.208. The summed E-state index contributed by atoms with van der Waals surface area (Å²) in [6.07, 6.45) is 1.63. The number of anilines is 3. The van der Waals surface area contributed by atoms with Crippen LogP contribution in [0.2, 0.25) is 0 Å². The number of carbonyl (C=O) groups is 1. The van der Waals surface area contributed by atoms with Gasteiger partial charge in [-0.3, -0.25) is 9.48 Å². The second kappa shape index (κ2) is 6.92. The lowest BCUT2D eigenvalue weighted by Crippen LogP contribution is -2.16. The van der Waals surface area contributed by atoms with Crippen LogP contribution < -0.4 is 10.6 Å². The minimum absolute atomic E-state index is 0.208. The smallest absolute Gasteiger partial charge is 0.274 e. The van der Waals surface area contributed by atoms with Gasteiger partial charge in [-0.05, 0) is 42.8 Å². The number of benzene rings is 2. The lowest BCUT2D eigenvalue weighted by atomic mass is 10.1. The first-order chi connectivity index (χ1) is 13.1. The van der Waals surface area contributed by atoms with E-state index in [0.717, 1.165) is 22.2 Å². The Labute approximate surface area is 156 Å². The zero-order valence-corrected chi connectivity index (χ0v) is 15.1. The first-order valence-electron chi connectivity index (χ1n) is 8.63. The number of fused-ring (bicyclic) bond motifs is 1. The molecule has 2 heterocycles. The second-order valence-corrected chi connectivity index (χ2v) is 6.32. The van der Waals surface area contributed by atoms with E-state index in [-0.39, 0.29) is 5.91 Å². The van der Waals surface area contributed by atoms with Crippen LogP contribution in [0, 0.1) is 6.92 Å². The summed E-state index contributed by atoms with van der Waals surface area (Å²) in [6.45, 7) is 1.98. The molecule has 27 heavy (non-hydrogen) atoms. The maximum atomic E-state index is 12.8. The van der Waals surface area contributed by atoms with Crippen molar-refractivity contribution in [1.82, 2.24) is 14.8 Å². The van der Waals surface area contributed by atoms with E-state index in [1.807, 2.05) is 67.6 Å².